The minimum Gasteiger partial charge on any atom is -0.469 e. The topological polar surface area (TPSA) is 84.5 Å². The summed E-state index contributed by atoms with van der Waals surface area (Å²) >= 11 is 1.32. The van der Waals surface area contributed by atoms with Crippen molar-refractivity contribution in [1.29, 1.82) is 0 Å². The first-order chi connectivity index (χ1) is 12.0. The van der Waals surface area contributed by atoms with E-state index in [1.807, 2.05) is 13.0 Å². The predicted octanol–water partition coefficient (Wildman–Crippen LogP) is 3.26. The average molecular weight is 366 g/mol. The van der Waals surface area contributed by atoms with Crippen LogP contribution in [0.5, 0.6) is 0 Å². The molecule has 0 atom stereocenters. The number of anilines is 1. The molecule has 0 aromatic carbocycles. The highest BCUT2D eigenvalue weighted by molar-refractivity contribution is 7.18. The Bertz CT molecular complexity index is 623. The fraction of sp³-hybridized carbons (Fsp3) is 0.611. The van der Waals surface area contributed by atoms with Gasteiger partial charge in [0.2, 0.25) is 5.91 Å². The molecule has 2 amide bonds. The number of carbonyl (C=O) groups excluding carboxylic acids is 3. The molecular formula is C18H26N2O4S. The number of rotatable bonds is 10. The molecule has 25 heavy (non-hydrogen) atoms. The fourth-order valence-corrected chi connectivity index (χ4v) is 3.46. The molecule has 1 fully saturated rings. The Morgan fingerprint density at radius 3 is 2.60 bits per heavy atom. The van der Waals surface area contributed by atoms with Gasteiger partial charge in [-0.05, 0) is 44.2 Å². The Labute approximate surface area is 152 Å². The third-order valence-electron chi connectivity index (χ3n) is 4.14. The van der Waals surface area contributed by atoms with Crippen LogP contribution >= 0.6 is 11.3 Å². The lowest BCUT2D eigenvalue weighted by Crippen LogP contribution is -2.24. The highest BCUT2D eigenvalue weighted by Gasteiger charge is 2.30. The molecule has 1 aliphatic rings. The highest BCUT2D eigenvalue weighted by Crippen LogP contribution is 2.32. The molecular weight excluding hydrogens is 340 g/mol. The van der Waals surface area contributed by atoms with Crippen LogP contribution in [0.25, 0.3) is 0 Å². The number of hydrogen-bond acceptors (Lipinski definition) is 5. The predicted molar refractivity (Wildman–Crippen MR) is 97.8 cm³/mol. The molecule has 1 saturated carbocycles. The van der Waals surface area contributed by atoms with Gasteiger partial charge in [-0.2, -0.15) is 0 Å². The molecule has 0 spiro atoms. The Morgan fingerprint density at radius 2 is 1.92 bits per heavy atom. The molecule has 2 N–H and O–H groups in total. The first-order valence-corrected chi connectivity index (χ1v) is 9.59. The fourth-order valence-electron chi connectivity index (χ4n) is 2.47. The Kier molecular flexibility index (Phi) is 7.43. The largest absolute Gasteiger partial charge is 0.469 e. The molecule has 0 unspecified atom stereocenters. The number of thiophene rings is 1. The van der Waals surface area contributed by atoms with Crippen molar-refractivity contribution in [3.8, 4) is 0 Å². The maximum atomic E-state index is 12.3. The first-order valence-electron chi connectivity index (χ1n) is 8.77. The van der Waals surface area contributed by atoms with E-state index in [0.717, 1.165) is 49.1 Å². The van der Waals surface area contributed by atoms with Gasteiger partial charge in [-0.15, -0.1) is 11.3 Å². The molecule has 0 radical (unpaired) electrons. The molecule has 1 aromatic rings. The lowest BCUT2D eigenvalue weighted by atomic mass is 10.1. The summed E-state index contributed by atoms with van der Waals surface area (Å²) in [5.41, 5.74) is 0.881. The van der Waals surface area contributed by atoms with Crippen molar-refractivity contribution >= 4 is 34.1 Å². The lowest BCUT2D eigenvalue weighted by molar-refractivity contribution is -0.140. The van der Waals surface area contributed by atoms with E-state index in [-0.39, 0.29) is 23.7 Å². The summed E-state index contributed by atoms with van der Waals surface area (Å²) in [5, 5.41) is 6.54. The number of esters is 1. The second kappa shape index (κ2) is 9.56. The maximum absolute atomic E-state index is 12.3. The summed E-state index contributed by atoms with van der Waals surface area (Å²) in [4.78, 5) is 35.7. The van der Waals surface area contributed by atoms with Gasteiger partial charge in [-0.3, -0.25) is 14.4 Å². The van der Waals surface area contributed by atoms with Crippen molar-refractivity contribution in [2.45, 2.75) is 51.9 Å². The molecule has 2 rings (SSSR count). The van der Waals surface area contributed by atoms with Crippen molar-refractivity contribution in [3.05, 3.63) is 16.5 Å². The third kappa shape index (κ3) is 6.49. The average Bonchev–Trinajstić information content (AvgIpc) is 3.37. The normalized spacial score (nSPS) is 13.4. The van der Waals surface area contributed by atoms with Crippen LogP contribution in [0.15, 0.2) is 6.07 Å². The number of carbonyl (C=O) groups is 3. The third-order valence-corrected chi connectivity index (χ3v) is 5.29. The first kappa shape index (κ1) is 19.4. The van der Waals surface area contributed by atoms with Crippen LogP contribution in [0.1, 0.15) is 60.2 Å². The molecule has 0 aliphatic heterocycles. The van der Waals surface area contributed by atoms with Gasteiger partial charge in [-0.25, -0.2) is 0 Å². The summed E-state index contributed by atoms with van der Waals surface area (Å²) in [6.07, 6.45) is 5.97. The molecule has 7 heteroatoms. The van der Waals surface area contributed by atoms with Gasteiger partial charge in [0.05, 0.1) is 17.0 Å². The van der Waals surface area contributed by atoms with Crippen molar-refractivity contribution in [2.24, 2.45) is 5.92 Å². The van der Waals surface area contributed by atoms with Crippen molar-refractivity contribution in [3.63, 3.8) is 0 Å². The number of hydrogen-bond donors (Lipinski definition) is 2. The maximum Gasteiger partial charge on any atom is 0.305 e. The van der Waals surface area contributed by atoms with Crippen LogP contribution in [-0.2, 0) is 14.3 Å². The van der Waals surface area contributed by atoms with E-state index in [1.54, 1.807) is 0 Å². The van der Waals surface area contributed by atoms with Gasteiger partial charge in [0.15, 0.2) is 0 Å². The number of unbranched alkanes of at least 4 members (excludes halogenated alkanes) is 3. The van der Waals surface area contributed by atoms with Crippen LogP contribution < -0.4 is 10.6 Å². The SMILES string of the molecule is COC(=O)CCCCCCNC(=O)c1sc(NC(=O)C2CC2)cc1C. The minimum atomic E-state index is -0.175. The molecule has 138 valence electrons. The lowest BCUT2D eigenvalue weighted by Gasteiger charge is -2.04. The number of amides is 2. The van der Waals surface area contributed by atoms with E-state index in [4.69, 9.17) is 0 Å². The van der Waals surface area contributed by atoms with Gasteiger partial charge in [0.25, 0.3) is 5.91 Å². The Hall–Kier alpha value is -1.89. The summed E-state index contributed by atoms with van der Waals surface area (Å²) in [6, 6.07) is 1.85. The molecule has 1 heterocycles. The van der Waals surface area contributed by atoms with Crippen molar-refractivity contribution in [2.75, 3.05) is 19.0 Å². The van der Waals surface area contributed by atoms with E-state index < -0.39 is 0 Å². The molecule has 1 aromatic heterocycles. The van der Waals surface area contributed by atoms with E-state index in [1.165, 1.54) is 18.4 Å². The summed E-state index contributed by atoms with van der Waals surface area (Å²) in [7, 11) is 1.40. The smallest absolute Gasteiger partial charge is 0.305 e. The van der Waals surface area contributed by atoms with E-state index in [0.29, 0.717) is 17.8 Å². The van der Waals surface area contributed by atoms with Crippen molar-refractivity contribution < 1.29 is 19.1 Å². The van der Waals surface area contributed by atoms with Crippen LogP contribution in [0.2, 0.25) is 0 Å². The van der Waals surface area contributed by atoms with Gasteiger partial charge >= 0.3 is 5.97 Å². The van der Waals surface area contributed by atoms with E-state index in [9.17, 15) is 14.4 Å². The van der Waals surface area contributed by atoms with Crippen LogP contribution in [0, 0.1) is 12.8 Å². The van der Waals surface area contributed by atoms with Crippen LogP contribution in [0.3, 0.4) is 0 Å². The summed E-state index contributed by atoms with van der Waals surface area (Å²) < 4.78 is 4.59. The Morgan fingerprint density at radius 1 is 1.20 bits per heavy atom. The number of methoxy groups -OCH3 is 1. The molecule has 1 aliphatic carbocycles. The quantitative estimate of drug-likeness (QED) is 0.492. The van der Waals surface area contributed by atoms with Crippen LogP contribution in [0.4, 0.5) is 5.00 Å². The zero-order chi connectivity index (χ0) is 18.2. The molecule has 0 saturated heterocycles. The van der Waals surface area contributed by atoms with Gasteiger partial charge in [0, 0.05) is 18.9 Å². The van der Waals surface area contributed by atoms with Crippen LogP contribution in [-0.4, -0.2) is 31.4 Å². The summed E-state index contributed by atoms with van der Waals surface area (Å²) in [6.45, 7) is 2.49. The number of aryl methyl sites for hydroxylation is 1. The van der Waals surface area contributed by atoms with E-state index in [2.05, 4.69) is 15.4 Å². The van der Waals surface area contributed by atoms with Crippen molar-refractivity contribution in [1.82, 2.24) is 5.32 Å². The highest BCUT2D eigenvalue weighted by atomic mass is 32.1. The standard InChI is InChI=1S/C18H26N2O4S/c1-12-11-14(20-17(22)13-8-9-13)25-16(12)18(23)19-10-6-4-3-5-7-15(21)24-2/h11,13H,3-10H2,1-2H3,(H,19,23)(H,20,22). The van der Waals surface area contributed by atoms with Gasteiger partial charge in [-0.1, -0.05) is 12.8 Å². The minimum absolute atomic E-state index is 0.0557. The monoisotopic (exact) mass is 366 g/mol. The second-order valence-corrected chi connectivity index (χ2v) is 7.43. The summed E-state index contributed by atoms with van der Waals surface area (Å²) in [5.74, 6) is -0.0611. The molecule has 0 bridgehead atoms. The number of ether oxygens (including phenoxy) is 1. The van der Waals surface area contributed by atoms with Gasteiger partial charge < -0.3 is 15.4 Å². The second-order valence-electron chi connectivity index (χ2n) is 6.38. The Balaban J connectivity index is 1.65. The van der Waals surface area contributed by atoms with E-state index >= 15 is 0 Å². The van der Waals surface area contributed by atoms with Gasteiger partial charge in [0.1, 0.15) is 0 Å². The molecule has 6 nitrogen and oxygen atoms in total. The number of nitrogens with one attached hydrogen (secondary N) is 2. The zero-order valence-corrected chi connectivity index (χ0v) is 15.7. The zero-order valence-electron chi connectivity index (χ0n) is 14.9.